The van der Waals surface area contributed by atoms with Crippen LogP contribution >= 0.6 is 0 Å². The summed E-state index contributed by atoms with van der Waals surface area (Å²) in [5.74, 6) is -1.09. The average Bonchev–Trinajstić information content (AvgIpc) is 3.08. The first-order chi connectivity index (χ1) is 12.4. The van der Waals surface area contributed by atoms with Gasteiger partial charge in [0.15, 0.2) is 5.82 Å². The molecule has 2 aromatic heterocycles. The Hall–Kier alpha value is -3.17. The molecule has 1 aliphatic rings. The lowest BCUT2D eigenvalue weighted by Crippen LogP contribution is -2.42. The van der Waals surface area contributed by atoms with Crippen molar-refractivity contribution in [2.45, 2.75) is 13.3 Å². The van der Waals surface area contributed by atoms with E-state index in [-0.39, 0.29) is 35.3 Å². The molecule has 10 heteroatoms. The molecule has 3 heterocycles. The van der Waals surface area contributed by atoms with Gasteiger partial charge in [0, 0.05) is 33.3 Å². The molecule has 0 bridgehead atoms. The SMILES string of the molecule is CCOC(=O)c1cc(NC(=O)c2c(C(=O)N3CCC3)cnn2C)nn1C. The average molecular weight is 360 g/mol. The van der Waals surface area contributed by atoms with Crippen molar-refractivity contribution in [1.82, 2.24) is 24.5 Å². The fraction of sp³-hybridized carbons (Fsp3) is 0.438. The second-order valence-corrected chi connectivity index (χ2v) is 5.89. The fourth-order valence-electron chi connectivity index (χ4n) is 2.65. The van der Waals surface area contributed by atoms with Crippen molar-refractivity contribution in [3.8, 4) is 0 Å². The van der Waals surface area contributed by atoms with Crippen molar-refractivity contribution in [2.24, 2.45) is 14.1 Å². The van der Waals surface area contributed by atoms with Crippen LogP contribution < -0.4 is 5.32 Å². The van der Waals surface area contributed by atoms with Gasteiger partial charge in [-0.3, -0.25) is 19.0 Å². The highest BCUT2D eigenvalue weighted by Crippen LogP contribution is 2.18. The van der Waals surface area contributed by atoms with Crippen LogP contribution in [0.2, 0.25) is 0 Å². The Labute approximate surface area is 149 Å². The van der Waals surface area contributed by atoms with Crippen LogP contribution in [-0.2, 0) is 18.8 Å². The van der Waals surface area contributed by atoms with Gasteiger partial charge in [0.1, 0.15) is 11.4 Å². The smallest absolute Gasteiger partial charge is 0.356 e. The predicted octanol–water partition coefficient (Wildman–Crippen LogP) is 0.428. The van der Waals surface area contributed by atoms with Crippen LogP contribution in [0.25, 0.3) is 0 Å². The van der Waals surface area contributed by atoms with Gasteiger partial charge in [-0.1, -0.05) is 0 Å². The summed E-state index contributed by atoms with van der Waals surface area (Å²) in [6.07, 6.45) is 2.34. The largest absolute Gasteiger partial charge is 0.461 e. The van der Waals surface area contributed by atoms with E-state index in [1.54, 1.807) is 25.9 Å². The van der Waals surface area contributed by atoms with Crippen LogP contribution in [0, 0.1) is 0 Å². The quantitative estimate of drug-likeness (QED) is 0.774. The third-order valence-corrected chi connectivity index (χ3v) is 4.13. The van der Waals surface area contributed by atoms with Gasteiger partial charge < -0.3 is 15.0 Å². The van der Waals surface area contributed by atoms with E-state index >= 15 is 0 Å². The van der Waals surface area contributed by atoms with Crippen molar-refractivity contribution in [3.05, 3.63) is 29.2 Å². The monoisotopic (exact) mass is 360 g/mol. The number of aryl methyl sites for hydroxylation is 2. The molecule has 138 valence electrons. The molecular formula is C16H20N6O4. The third-order valence-electron chi connectivity index (χ3n) is 4.13. The molecule has 0 saturated carbocycles. The Bertz CT molecular complexity index is 864. The van der Waals surface area contributed by atoms with E-state index in [0.29, 0.717) is 13.1 Å². The van der Waals surface area contributed by atoms with Crippen molar-refractivity contribution < 1.29 is 19.1 Å². The lowest BCUT2D eigenvalue weighted by atomic mass is 10.1. The molecule has 1 saturated heterocycles. The molecule has 1 aliphatic heterocycles. The number of likely N-dealkylation sites (tertiary alicyclic amines) is 1. The van der Waals surface area contributed by atoms with Crippen LogP contribution in [-0.4, -0.2) is 61.9 Å². The highest BCUT2D eigenvalue weighted by atomic mass is 16.5. The first-order valence-corrected chi connectivity index (χ1v) is 8.26. The standard InChI is InChI=1S/C16H20N6O4/c1-4-26-16(25)11-8-12(19-20(11)2)18-14(23)13-10(9-17-21(13)3)15(24)22-6-5-7-22/h8-9H,4-7H2,1-3H3,(H,18,19,23). The fourth-order valence-corrected chi connectivity index (χ4v) is 2.65. The van der Waals surface area contributed by atoms with E-state index in [1.165, 1.54) is 21.6 Å². The number of ether oxygens (including phenoxy) is 1. The van der Waals surface area contributed by atoms with Crippen molar-refractivity contribution >= 4 is 23.6 Å². The molecule has 0 aromatic carbocycles. The van der Waals surface area contributed by atoms with Crippen LogP contribution in [0.1, 0.15) is 44.7 Å². The molecule has 1 N–H and O–H groups in total. The molecule has 0 atom stereocenters. The number of hydrogen-bond acceptors (Lipinski definition) is 6. The minimum absolute atomic E-state index is 0.144. The van der Waals surface area contributed by atoms with Gasteiger partial charge in [-0.05, 0) is 13.3 Å². The molecule has 26 heavy (non-hydrogen) atoms. The summed E-state index contributed by atoms with van der Waals surface area (Å²) in [4.78, 5) is 38.6. The zero-order chi connectivity index (χ0) is 18.8. The molecule has 3 rings (SSSR count). The first kappa shape index (κ1) is 17.6. The number of nitrogens with one attached hydrogen (secondary N) is 1. The summed E-state index contributed by atoms with van der Waals surface area (Å²) < 4.78 is 7.60. The number of amides is 2. The van der Waals surface area contributed by atoms with E-state index in [4.69, 9.17) is 4.74 Å². The zero-order valence-corrected chi connectivity index (χ0v) is 14.9. The predicted molar refractivity (Wildman–Crippen MR) is 90.8 cm³/mol. The Morgan fingerprint density at radius 2 is 1.96 bits per heavy atom. The Morgan fingerprint density at radius 3 is 2.58 bits per heavy atom. The van der Waals surface area contributed by atoms with Gasteiger partial charge in [0.2, 0.25) is 0 Å². The molecule has 10 nitrogen and oxygen atoms in total. The second-order valence-electron chi connectivity index (χ2n) is 5.89. The summed E-state index contributed by atoms with van der Waals surface area (Å²) in [6.45, 7) is 3.30. The molecule has 0 aliphatic carbocycles. The van der Waals surface area contributed by atoms with Crippen molar-refractivity contribution in [3.63, 3.8) is 0 Å². The zero-order valence-electron chi connectivity index (χ0n) is 14.9. The number of esters is 1. The van der Waals surface area contributed by atoms with E-state index in [1.807, 2.05) is 0 Å². The van der Waals surface area contributed by atoms with Crippen molar-refractivity contribution in [1.29, 1.82) is 0 Å². The maximum absolute atomic E-state index is 12.7. The van der Waals surface area contributed by atoms with Crippen molar-refractivity contribution in [2.75, 3.05) is 25.0 Å². The molecule has 0 radical (unpaired) electrons. The van der Waals surface area contributed by atoms with Gasteiger partial charge >= 0.3 is 5.97 Å². The summed E-state index contributed by atoms with van der Waals surface area (Å²) in [6, 6.07) is 1.42. The molecule has 0 unspecified atom stereocenters. The third kappa shape index (κ3) is 3.17. The highest BCUT2D eigenvalue weighted by Gasteiger charge is 2.29. The number of carbonyl (C=O) groups is 3. The summed E-state index contributed by atoms with van der Waals surface area (Å²) in [5.41, 5.74) is 0.598. The summed E-state index contributed by atoms with van der Waals surface area (Å²) in [5, 5.41) is 10.7. The maximum Gasteiger partial charge on any atom is 0.356 e. The lowest BCUT2D eigenvalue weighted by molar-refractivity contribution is 0.0513. The number of rotatable bonds is 5. The minimum Gasteiger partial charge on any atom is -0.461 e. The number of aromatic nitrogens is 4. The van der Waals surface area contributed by atoms with E-state index in [9.17, 15) is 14.4 Å². The second kappa shape index (κ2) is 6.98. The molecule has 2 aromatic rings. The normalized spacial score (nSPS) is 13.3. The van der Waals surface area contributed by atoms with Crippen LogP contribution in [0.15, 0.2) is 12.3 Å². The maximum atomic E-state index is 12.7. The number of nitrogens with zero attached hydrogens (tertiary/aromatic N) is 5. The Kier molecular flexibility index (Phi) is 4.74. The topological polar surface area (TPSA) is 111 Å². The van der Waals surface area contributed by atoms with Gasteiger partial charge in [0.25, 0.3) is 11.8 Å². The molecule has 2 amide bonds. The van der Waals surface area contributed by atoms with Gasteiger partial charge in [-0.2, -0.15) is 10.2 Å². The van der Waals surface area contributed by atoms with Crippen LogP contribution in [0.3, 0.4) is 0 Å². The van der Waals surface area contributed by atoms with E-state index in [2.05, 4.69) is 15.5 Å². The number of carbonyl (C=O) groups excluding carboxylic acids is 3. The number of anilines is 1. The van der Waals surface area contributed by atoms with Crippen LogP contribution in [0.4, 0.5) is 5.82 Å². The van der Waals surface area contributed by atoms with Gasteiger partial charge in [0.05, 0.1) is 18.4 Å². The number of hydrogen-bond donors (Lipinski definition) is 1. The molecule has 0 spiro atoms. The van der Waals surface area contributed by atoms with Gasteiger partial charge in [-0.25, -0.2) is 4.79 Å². The van der Waals surface area contributed by atoms with E-state index in [0.717, 1.165) is 6.42 Å². The van der Waals surface area contributed by atoms with Crippen LogP contribution in [0.5, 0.6) is 0 Å². The summed E-state index contributed by atoms with van der Waals surface area (Å²) >= 11 is 0. The molecule has 1 fully saturated rings. The Morgan fingerprint density at radius 1 is 1.23 bits per heavy atom. The first-order valence-electron chi connectivity index (χ1n) is 8.26. The lowest BCUT2D eigenvalue weighted by Gasteiger charge is -2.30. The van der Waals surface area contributed by atoms with Gasteiger partial charge in [-0.15, -0.1) is 0 Å². The highest BCUT2D eigenvalue weighted by molar-refractivity contribution is 6.11. The van der Waals surface area contributed by atoms with E-state index < -0.39 is 11.9 Å². The minimum atomic E-state index is -0.530. The summed E-state index contributed by atoms with van der Waals surface area (Å²) in [7, 11) is 3.16. The molecular weight excluding hydrogens is 340 g/mol. The Balaban J connectivity index is 1.81.